The topological polar surface area (TPSA) is 57.1 Å². The molecule has 5 heteroatoms. The lowest BCUT2D eigenvalue weighted by Gasteiger charge is -2.36. The van der Waals surface area contributed by atoms with E-state index in [0.29, 0.717) is 19.6 Å². The van der Waals surface area contributed by atoms with E-state index < -0.39 is 6.10 Å². The summed E-state index contributed by atoms with van der Waals surface area (Å²) in [7, 11) is 0. The second-order valence-electron chi connectivity index (χ2n) is 7.20. The van der Waals surface area contributed by atoms with Crippen LogP contribution in [0.25, 0.3) is 0 Å². The summed E-state index contributed by atoms with van der Waals surface area (Å²) in [6.07, 6.45) is 0.149. The van der Waals surface area contributed by atoms with Crippen molar-refractivity contribution in [3.63, 3.8) is 0 Å². The van der Waals surface area contributed by atoms with Gasteiger partial charge in [0.05, 0.1) is 25.8 Å². The molecular formula is C23H31N3O2. The number of nitrogens with one attached hydrogen (secondary N) is 1. The highest BCUT2D eigenvalue weighted by Crippen LogP contribution is 2.25. The van der Waals surface area contributed by atoms with Crippen LogP contribution in [0.15, 0.2) is 59.6 Å². The van der Waals surface area contributed by atoms with Crippen molar-refractivity contribution in [2.24, 2.45) is 4.99 Å². The maximum absolute atomic E-state index is 10.4. The van der Waals surface area contributed by atoms with Gasteiger partial charge in [0, 0.05) is 19.5 Å². The Morgan fingerprint density at radius 2 is 1.96 bits per heavy atom. The number of ether oxygens (including phenoxy) is 1. The van der Waals surface area contributed by atoms with E-state index >= 15 is 0 Å². The smallest absolute Gasteiger partial charge is 0.194 e. The van der Waals surface area contributed by atoms with Gasteiger partial charge in [-0.3, -0.25) is 4.99 Å². The Kier molecular flexibility index (Phi) is 7.46. The molecule has 3 rings (SSSR count). The van der Waals surface area contributed by atoms with Crippen molar-refractivity contribution >= 4 is 5.96 Å². The molecule has 1 aliphatic rings. The lowest BCUT2D eigenvalue weighted by molar-refractivity contribution is -0.00839. The summed E-state index contributed by atoms with van der Waals surface area (Å²) in [5.41, 5.74) is 3.60. The third-order valence-electron chi connectivity index (χ3n) is 5.00. The van der Waals surface area contributed by atoms with Crippen molar-refractivity contribution in [2.45, 2.75) is 32.5 Å². The summed E-state index contributed by atoms with van der Waals surface area (Å²) in [5, 5.41) is 13.8. The van der Waals surface area contributed by atoms with Crippen molar-refractivity contribution in [3.05, 3.63) is 71.3 Å². The molecule has 1 heterocycles. The first-order valence-electron chi connectivity index (χ1n) is 10.1. The number of aliphatic imine (C=N–C) groups is 1. The summed E-state index contributed by atoms with van der Waals surface area (Å²) >= 11 is 0. The van der Waals surface area contributed by atoms with Crippen LogP contribution in [-0.2, 0) is 11.2 Å². The number of benzene rings is 2. The van der Waals surface area contributed by atoms with Crippen LogP contribution in [-0.4, -0.2) is 54.9 Å². The minimum absolute atomic E-state index is 0.0352. The molecule has 5 nitrogen and oxygen atoms in total. The normalized spacial score (nSPS) is 18.8. The highest BCUT2D eigenvalue weighted by molar-refractivity contribution is 5.80. The third kappa shape index (κ3) is 5.57. The van der Waals surface area contributed by atoms with E-state index in [1.54, 1.807) is 0 Å². The first kappa shape index (κ1) is 20.4. The van der Waals surface area contributed by atoms with Gasteiger partial charge in [-0.05, 0) is 30.5 Å². The monoisotopic (exact) mass is 381 g/mol. The zero-order valence-electron chi connectivity index (χ0n) is 16.8. The highest BCUT2D eigenvalue weighted by atomic mass is 16.5. The quantitative estimate of drug-likeness (QED) is 0.597. The molecule has 28 heavy (non-hydrogen) atoms. The number of hydrogen-bond donors (Lipinski definition) is 2. The molecule has 1 fully saturated rings. The number of aryl methyl sites for hydroxylation is 1. The number of aliphatic hydroxyl groups excluding tert-OH is 1. The maximum Gasteiger partial charge on any atom is 0.194 e. The molecule has 0 bridgehead atoms. The molecule has 2 N–H and O–H groups in total. The predicted octanol–water partition coefficient (Wildman–Crippen LogP) is 2.94. The Balaban J connectivity index is 1.65. The van der Waals surface area contributed by atoms with Crippen LogP contribution in [0, 0.1) is 6.92 Å². The second kappa shape index (κ2) is 10.2. The van der Waals surface area contributed by atoms with Crippen LogP contribution in [0.2, 0.25) is 0 Å². The fraction of sp³-hybridized carbons (Fsp3) is 0.435. The number of hydrogen-bond acceptors (Lipinski definition) is 3. The van der Waals surface area contributed by atoms with Crippen molar-refractivity contribution < 1.29 is 9.84 Å². The Morgan fingerprint density at radius 3 is 2.71 bits per heavy atom. The van der Waals surface area contributed by atoms with Crippen LogP contribution in [0.3, 0.4) is 0 Å². The van der Waals surface area contributed by atoms with E-state index in [4.69, 9.17) is 9.73 Å². The predicted molar refractivity (Wildman–Crippen MR) is 114 cm³/mol. The largest absolute Gasteiger partial charge is 0.391 e. The summed E-state index contributed by atoms with van der Waals surface area (Å²) in [4.78, 5) is 6.95. The van der Waals surface area contributed by atoms with E-state index in [0.717, 1.165) is 31.2 Å². The molecule has 2 atom stereocenters. The minimum atomic E-state index is -0.496. The average molecular weight is 382 g/mol. The standard InChI is InChI=1S/C23H31N3O2/c1-3-24-23(25-16-20(27)15-19-10-5-4-6-11-19)26-13-14-28-22(17-26)21-12-8-7-9-18(21)2/h4-12,20,22,27H,3,13-17H2,1-2H3,(H,24,25). The second-order valence-corrected chi connectivity index (χ2v) is 7.20. The molecule has 0 saturated carbocycles. The number of nitrogens with zero attached hydrogens (tertiary/aromatic N) is 2. The highest BCUT2D eigenvalue weighted by Gasteiger charge is 2.25. The van der Waals surface area contributed by atoms with Crippen LogP contribution >= 0.6 is 0 Å². The van der Waals surface area contributed by atoms with Gasteiger partial charge in [0.15, 0.2) is 5.96 Å². The summed E-state index contributed by atoms with van der Waals surface area (Å²) in [5.74, 6) is 0.844. The molecule has 1 saturated heterocycles. The van der Waals surface area contributed by atoms with E-state index in [1.165, 1.54) is 11.1 Å². The van der Waals surface area contributed by atoms with Gasteiger partial charge in [-0.1, -0.05) is 54.6 Å². The zero-order valence-corrected chi connectivity index (χ0v) is 16.8. The fourth-order valence-corrected chi connectivity index (χ4v) is 3.55. The van der Waals surface area contributed by atoms with Gasteiger partial charge in [-0.15, -0.1) is 0 Å². The van der Waals surface area contributed by atoms with Gasteiger partial charge in [0.1, 0.15) is 6.10 Å². The molecule has 0 spiro atoms. The van der Waals surface area contributed by atoms with Crippen LogP contribution in [0.5, 0.6) is 0 Å². The van der Waals surface area contributed by atoms with Gasteiger partial charge >= 0.3 is 0 Å². The summed E-state index contributed by atoms with van der Waals surface area (Å²) in [6.45, 7) is 7.57. The molecular weight excluding hydrogens is 350 g/mol. The average Bonchev–Trinajstić information content (AvgIpc) is 2.72. The Bertz CT molecular complexity index is 763. The maximum atomic E-state index is 10.4. The van der Waals surface area contributed by atoms with Gasteiger partial charge in [-0.2, -0.15) is 0 Å². The van der Waals surface area contributed by atoms with Crippen molar-refractivity contribution in [1.29, 1.82) is 0 Å². The van der Waals surface area contributed by atoms with Crippen molar-refractivity contribution in [2.75, 3.05) is 32.8 Å². The molecule has 0 aromatic heterocycles. The molecule has 1 aliphatic heterocycles. The SMILES string of the molecule is CCNC(=NCC(O)Cc1ccccc1)N1CCOC(c2ccccc2C)C1. The minimum Gasteiger partial charge on any atom is -0.391 e. The van der Waals surface area contributed by atoms with E-state index in [1.807, 2.05) is 30.3 Å². The number of guanidine groups is 1. The molecule has 0 amide bonds. The van der Waals surface area contributed by atoms with Gasteiger partial charge < -0.3 is 20.1 Å². The third-order valence-corrected chi connectivity index (χ3v) is 5.00. The van der Waals surface area contributed by atoms with Crippen molar-refractivity contribution in [3.8, 4) is 0 Å². The Hall–Kier alpha value is -2.37. The van der Waals surface area contributed by atoms with Gasteiger partial charge in [0.25, 0.3) is 0 Å². The fourth-order valence-electron chi connectivity index (χ4n) is 3.55. The lowest BCUT2D eigenvalue weighted by atomic mass is 10.0. The Morgan fingerprint density at radius 1 is 1.21 bits per heavy atom. The summed E-state index contributed by atoms with van der Waals surface area (Å²) in [6, 6.07) is 18.4. The van der Waals surface area contributed by atoms with E-state index in [-0.39, 0.29) is 6.10 Å². The van der Waals surface area contributed by atoms with E-state index in [9.17, 15) is 5.11 Å². The molecule has 2 aromatic carbocycles. The van der Waals surface area contributed by atoms with E-state index in [2.05, 4.69) is 48.3 Å². The molecule has 0 aliphatic carbocycles. The molecule has 150 valence electrons. The van der Waals surface area contributed by atoms with Crippen LogP contribution in [0.4, 0.5) is 0 Å². The number of morpholine rings is 1. The summed E-state index contributed by atoms with van der Waals surface area (Å²) < 4.78 is 6.03. The molecule has 2 aromatic rings. The van der Waals surface area contributed by atoms with Crippen LogP contribution in [0.1, 0.15) is 29.7 Å². The molecule has 0 radical (unpaired) electrons. The molecule has 2 unspecified atom stereocenters. The number of aliphatic hydroxyl groups is 1. The van der Waals surface area contributed by atoms with Gasteiger partial charge in [-0.25, -0.2) is 0 Å². The van der Waals surface area contributed by atoms with Crippen molar-refractivity contribution in [1.82, 2.24) is 10.2 Å². The lowest BCUT2D eigenvalue weighted by Crippen LogP contribution is -2.48. The zero-order chi connectivity index (χ0) is 19.8. The van der Waals surface area contributed by atoms with Crippen LogP contribution < -0.4 is 5.32 Å². The first-order chi connectivity index (χ1) is 13.7. The Labute approximate surface area is 168 Å². The first-order valence-corrected chi connectivity index (χ1v) is 10.1. The van der Waals surface area contributed by atoms with Gasteiger partial charge in [0.2, 0.25) is 0 Å². The number of rotatable bonds is 6.